The number of nitrogens with zero attached hydrogens (tertiary/aromatic N) is 2. The lowest BCUT2D eigenvalue weighted by atomic mass is 10.3. The molecule has 0 aliphatic carbocycles. The molecule has 0 N–H and O–H groups in total. The fourth-order valence-corrected chi connectivity index (χ4v) is 1.30. The molecule has 1 heterocycles. The van der Waals surface area contributed by atoms with E-state index in [1.165, 1.54) is 18.5 Å². The highest BCUT2D eigenvalue weighted by molar-refractivity contribution is 5.02. The lowest BCUT2D eigenvalue weighted by Crippen LogP contribution is -1.97. The Morgan fingerprint density at radius 3 is 2.67 bits per heavy atom. The summed E-state index contributed by atoms with van der Waals surface area (Å²) in [4.78, 5) is 4.44. The Hall–Kier alpha value is -0.790. The van der Waals surface area contributed by atoms with Crippen LogP contribution in [0.5, 0.6) is 0 Å². The highest BCUT2D eigenvalue weighted by Gasteiger charge is 2.00. The lowest BCUT2D eigenvalue weighted by molar-refractivity contribution is 0.616. The molecule has 0 aliphatic rings. The Balaban J connectivity index is 2.64. The number of rotatable bonds is 4. The summed E-state index contributed by atoms with van der Waals surface area (Å²) in [7, 11) is 0. The van der Waals surface area contributed by atoms with Crippen molar-refractivity contribution in [1.82, 2.24) is 9.55 Å². The van der Waals surface area contributed by atoms with Crippen LogP contribution in [0.15, 0.2) is 6.20 Å². The largest absolute Gasteiger partial charge is 0.335 e. The van der Waals surface area contributed by atoms with Crippen LogP contribution in [-0.4, -0.2) is 9.55 Å². The first-order chi connectivity index (χ1) is 5.77. The van der Waals surface area contributed by atoms with E-state index in [1.807, 2.05) is 0 Å². The maximum atomic E-state index is 4.44. The van der Waals surface area contributed by atoms with Gasteiger partial charge in [0.25, 0.3) is 0 Å². The van der Waals surface area contributed by atoms with Crippen molar-refractivity contribution in [2.24, 2.45) is 0 Å². The van der Waals surface area contributed by atoms with E-state index in [-0.39, 0.29) is 0 Å². The van der Waals surface area contributed by atoms with E-state index in [0.717, 1.165) is 18.8 Å². The van der Waals surface area contributed by atoms with Crippen LogP contribution in [0.2, 0.25) is 0 Å². The fourth-order valence-electron chi connectivity index (χ4n) is 1.30. The average Bonchev–Trinajstić information content (AvgIpc) is 2.43. The summed E-state index contributed by atoms with van der Waals surface area (Å²) in [6, 6.07) is 0. The third-order valence-corrected chi connectivity index (χ3v) is 2.14. The molecule has 0 bridgehead atoms. The molecule has 0 radical (unpaired) electrons. The van der Waals surface area contributed by atoms with Crippen molar-refractivity contribution in [1.29, 1.82) is 0 Å². The summed E-state index contributed by atoms with van der Waals surface area (Å²) in [6.07, 6.45) is 5.71. The van der Waals surface area contributed by atoms with Crippen LogP contribution in [-0.2, 0) is 13.0 Å². The molecule has 0 saturated heterocycles. The SMILES string of the molecule is CCCCn1cc(CC)nc1C. The van der Waals surface area contributed by atoms with Gasteiger partial charge in [0.1, 0.15) is 5.82 Å². The topological polar surface area (TPSA) is 17.8 Å². The average molecular weight is 166 g/mol. The van der Waals surface area contributed by atoms with E-state index in [1.54, 1.807) is 0 Å². The van der Waals surface area contributed by atoms with E-state index in [2.05, 4.69) is 36.5 Å². The number of imidazole rings is 1. The van der Waals surface area contributed by atoms with Crippen molar-refractivity contribution in [2.45, 2.75) is 46.6 Å². The van der Waals surface area contributed by atoms with Crippen molar-refractivity contribution in [3.05, 3.63) is 17.7 Å². The fraction of sp³-hybridized carbons (Fsp3) is 0.700. The number of aryl methyl sites for hydroxylation is 3. The predicted octanol–water partition coefficient (Wildman–Crippen LogP) is 2.55. The summed E-state index contributed by atoms with van der Waals surface area (Å²) < 4.78 is 2.25. The smallest absolute Gasteiger partial charge is 0.105 e. The van der Waals surface area contributed by atoms with Crippen LogP contribution in [0.4, 0.5) is 0 Å². The second-order valence-corrected chi connectivity index (χ2v) is 3.18. The normalized spacial score (nSPS) is 10.6. The van der Waals surface area contributed by atoms with Crippen LogP contribution >= 0.6 is 0 Å². The van der Waals surface area contributed by atoms with E-state index < -0.39 is 0 Å². The van der Waals surface area contributed by atoms with Gasteiger partial charge in [-0.05, 0) is 19.8 Å². The number of unbranched alkanes of at least 4 members (excludes halogenated alkanes) is 1. The first-order valence-corrected chi connectivity index (χ1v) is 4.80. The summed E-state index contributed by atoms with van der Waals surface area (Å²) in [5.74, 6) is 1.15. The molecule has 0 atom stereocenters. The number of hydrogen-bond acceptors (Lipinski definition) is 1. The highest BCUT2D eigenvalue weighted by atomic mass is 15.1. The van der Waals surface area contributed by atoms with Crippen LogP contribution in [0.3, 0.4) is 0 Å². The second kappa shape index (κ2) is 4.29. The maximum Gasteiger partial charge on any atom is 0.105 e. The molecule has 1 rings (SSSR count). The molecule has 0 amide bonds. The molecule has 0 unspecified atom stereocenters. The van der Waals surface area contributed by atoms with Gasteiger partial charge in [0.2, 0.25) is 0 Å². The van der Waals surface area contributed by atoms with E-state index in [9.17, 15) is 0 Å². The van der Waals surface area contributed by atoms with Gasteiger partial charge in [-0.3, -0.25) is 0 Å². The Kier molecular flexibility index (Phi) is 3.32. The molecular weight excluding hydrogens is 148 g/mol. The van der Waals surface area contributed by atoms with Gasteiger partial charge in [0, 0.05) is 12.7 Å². The second-order valence-electron chi connectivity index (χ2n) is 3.18. The van der Waals surface area contributed by atoms with Crippen molar-refractivity contribution < 1.29 is 0 Å². The molecule has 12 heavy (non-hydrogen) atoms. The summed E-state index contributed by atoms with van der Waals surface area (Å²) >= 11 is 0. The highest BCUT2D eigenvalue weighted by Crippen LogP contribution is 2.04. The number of hydrogen-bond donors (Lipinski definition) is 0. The molecule has 2 heteroatoms. The minimum atomic E-state index is 1.04. The van der Waals surface area contributed by atoms with Gasteiger partial charge in [0.05, 0.1) is 5.69 Å². The molecule has 2 nitrogen and oxygen atoms in total. The zero-order chi connectivity index (χ0) is 8.97. The molecule has 0 saturated carbocycles. The summed E-state index contributed by atoms with van der Waals surface area (Å²) in [5.41, 5.74) is 1.21. The molecule has 0 aromatic carbocycles. The molecular formula is C10H18N2. The minimum absolute atomic E-state index is 1.04. The van der Waals surface area contributed by atoms with Crippen molar-refractivity contribution in [3.63, 3.8) is 0 Å². The van der Waals surface area contributed by atoms with Crippen LogP contribution < -0.4 is 0 Å². The van der Waals surface area contributed by atoms with E-state index >= 15 is 0 Å². The zero-order valence-corrected chi connectivity index (χ0v) is 8.30. The first-order valence-electron chi connectivity index (χ1n) is 4.80. The van der Waals surface area contributed by atoms with Crippen LogP contribution in [0.1, 0.15) is 38.2 Å². The third-order valence-electron chi connectivity index (χ3n) is 2.14. The molecule has 1 aromatic rings. The van der Waals surface area contributed by atoms with Gasteiger partial charge in [0.15, 0.2) is 0 Å². The molecule has 68 valence electrons. The monoisotopic (exact) mass is 166 g/mol. The van der Waals surface area contributed by atoms with Crippen molar-refractivity contribution in [3.8, 4) is 0 Å². The minimum Gasteiger partial charge on any atom is -0.335 e. The Bertz CT molecular complexity index is 238. The predicted molar refractivity (Wildman–Crippen MR) is 51.3 cm³/mol. The zero-order valence-electron chi connectivity index (χ0n) is 8.30. The first kappa shape index (κ1) is 9.30. The van der Waals surface area contributed by atoms with Crippen molar-refractivity contribution >= 4 is 0 Å². The maximum absolute atomic E-state index is 4.44. The van der Waals surface area contributed by atoms with Gasteiger partial charge in [-0.25, -0.2) is 4.98 Å². The number of aromatic nitrogens is 2. The quantitative estimate of drug-likeness (QED) is 0.672. The van der Waals surface area contributed by atoms with Gasteiger partial charge < -0.3 is 4.57 Å². The van der Waals surface area contributed by atoms with E-state index in [0.29, 0.717) is 0 Å². The lowest BCUT2D eigenvalue weighted by Gasteiger charge is -2.01. The Labute approximate surface area is 74.6 Å². The van der Waals surface area contributed by atoms with E-state index in [4.69, 9.17) is 0 Å². The standard InChI is InChI=1S/C10H18N2/c1-4-6-7-12-8-10(5-2)11-9(12)3/h8H,4-7H2,1-3H3. The Morgan fingerprint density at radius 1 is 1.42 bits per heavy atom. The van der Waals surface area contributed by atoms with Gasteiger partial charge in [-0.2, -0.15) is 0 Å². The molecule has 1 aromatic heterocycles. The Morgan fingerprint density at radius 2 is 2.17 bits per heavy atom. The van der Waals surface area contributed by atoms with Crippen LogP contribution in [0.25, 0.3) is 0 Å². The van der Waals surface area contributed by atoms with Crippen LogP contribution in [0, 0.1) is 6.92 Å². The van der Waals surface area contributed by atoms with Gasteiger partial charge >= 0.3 is 0 Å². The summed E-state index contributed by atoms with van der Waals surface area (Å²) in [5, 5.41) is 0. The third kappa shape index (κ3) is 2.10. The molecule has 0 fully saturated rings. The van der Waals surface area contributed by atoms with Gasteiger partial charge in [-0.1, -0.05) is 20.3 Å². The summed E-state index contributed by atoms with van der Waals surface area (Å²) in [6.45, 7) is 7.56. The molecule has 0 aliphatic heterocycles. The molecule has 0 spiro atoms. The van der Waals surface area contributed by atoms with Gasteiger partial charge in [-0.15, -0.1) is 0 Å². The van der Waals surface area contributed by atoms with Crippen molar-refractivity contribution in [2.75, 3.05) is 0 Å².